The van der Waals surface area contributed by atoms with Gasteiger partial charge in [0.1, 0.15) is 6.61 Å². The van der Waals surface area contributed by atoms with Crippen LogP contribution in [0.25, 0.3) is 0 Å². The summed E-state index contributed by atoms with van der Waals surface area (Å²) in [6.07, 6.45) is -4.95. The molecule has 0 unspecified atom stereocenters. The van der Waals surface area contributed by atoms with Crippen LogP contribution in [0.5, 0.6) is 0 Å². The van der Waals surface area contributed by atoms with Gasteiger partial charge in [-0.05, 0) is 5.56 Å². The van der Waals surface area contributed by atoms with Crippen LogP contribution in [-0.2, 0) is 20.9 Å². The summed E-state index contributed by atoms with van der Waals surface area (Å²) in [6, 6.07) is 9.13. The van der Waals surface area contributed by atoms with Crippen molar-refractivity contribution in [2.45, 2.75) is 12.8 Å². The van der Waals surface area contributed by atoms with E-state index in [2.05, 4.69) is 4.74 Å². The smallest absolute Gasteiger partial charge is 0.457 e. The fourth-order valence-electron chi connectivity index (χ4n) is 1.04. The molecule has 1 aromatic carbocycles. The summed E-state index contributed by atoms with van der Waals surface area (Å²) >= 11 is 0. The Labute approximate surface area is 96.1 Å². The standard InChI is InChI=1S/C11H11F3O3/c12-11(13,14)10(15)17-7-6-16-8-9-4-2-1-3-5-9/h1-5H,6-8H2. The van der Waals surface area contributed by atoms with Crippen molar-refractivity contribution in [1.82, 2.24) is 0 Å². The number of alkyl halides is 3. The van der Waals surface area contributed by atoms with Crippen LogP contribution in [0.3, 0.4) is 0 Å². The number of ether oxygens (including phenoxy) is 2. The molecule has 0 N–H and O–H groups in total. The van der Waals surface area contributed by atoms with Crippen molar-refractivity contribution in [3.05, 3.63) is 35.9 Å². The molecular weight excluding hydrogens is 237 g/mol. The van der Waals surface area contributed by atoms with Crippen molar-refractivity contribution < 1.29 is 27.4 Å². The molecule has 0 aliphatic rings. The maximum atomic E-state index is 11.7. The first-order chi connectivity index (χ1) is 8.00. The second-order valence-electron chi connectivity index (χ2n) is 3.17. The Hall–Kier alpha value is -1.56. The first-order valence-corrected chi connectivity index (χ1v) is 4.86. The summed E-state index contributed by atoms with van der Waals surface area (Å²) in [4.78, 5) is 10.3. The Morgan fingerprint density at radius 3 is 2.35 bits per heavy atom. The SMILES string of the molecule is O=C(OCCOCc1ccccc1)C(F)(F)F. The van der Waals surface area contributed by atoms with Crippen molar-refractivity contribution in [1.29, 1.82) is 0 Å². The molecule has 17 heavy (non-hydrogen) atoms. The predicted molar refractivity (Wildman–Crippen MR) is 53.1 cm³/mol. The van der Waals surface area contributed by atoms with Crippen LogP contribution < -0.4 is 0 Å². The number of esters is 1. The second kappa shape index (κ2) is 6.24. The van der Waals surface area contributed by atoms with Crippen LogP contribution in [0.1, 0.15) is 5.56 Å². The number of carbonyl (C=O) groups excluding carboxylic acids is 1. The second-order valence-corrected chi connectivity index (χ2v) is 3.17. The highest BCUT2D eigenvalue weighted by Crippen LogP contribution is 2.16. The summed E-state index contributed by atoms with van der Waals surface area (Å²) in [6.45, 7) is -0.216. The van der Waals surface area contributed by atoms with Crippen molar-refractivity contribution in [3.63, 3.8) is 0 Å². The molecule has 94 valence electrons. The van der Waals surface area contributed by atoms with Crippen molar-refractivity contribution in [3.8, 4) is 0 Å². The van der Waals surface area contributed by atoms with Crippen molar-refractivity contribution in [2.75, 3.05) is 13.2 Å². The van der Waals surface area contributed by atoms with E-state index < -0.39 is 18.8 Å². The molecule has 6 heteroatoms. The summed E-state index contributed by atoms with van der Waals surface area (Å²) < 4.78 is 44.1. The molecular formula is C11H11F3O3. The van der Waals surface area contributed by atoms with Crippen molar-refractivity contribution >= 4 is 5.97 Å². The highest BCUT2D eigenvalue weighted by molar-refractivity contribution is 5.75. The Bertz CT molecular complexity index is 349. The third kappa shape index (κ3) is 5.35. The van der Waals surface area contributed by atoms with Gasteiger partial charge in [-0.3, -0.25) is 0 Å². The molecule has 0 spiro atoms. The predicted octanol–water partition coefficient (Wildman–Crippen LogP) is 2.31. The lowest BCUT2D eigenvalue weighted by atomic mass is 10.2. The minimum Gasteiger partial charge on any atom is -0.457 e. The Balaban J connectivity index is 2.12. The lowest BCUT2D eigenvalue weighted by Gasteiger charge is -2.07. The molecule has 0 aromatic heterocycles. The number of rotatable bonds is 5. The van der Waals surface area contributed by atoms with Gasteiger partial charge in [0, 0.05) is 0 Å². The zero-order valence-electron chi connectivity index (χ0n) is 8.87. The molecule has 0 atom stereocenters. The average Bonchev–Trinajstić information content (AvgIpc) is 2.28. The maximum absolute atomic E-state index is 11.7. The minimum absolute atomic E-state index is 0.0727. The first-order valence-electron chi connectivity index (χ1n) is 4.86. The highest BCUT2D eigenvalue weighted by Gasteiger charge is 2.40. The number of benzene rings is 1. The van der Waals surface area contributed by atoms with E-state index in [-0.39, 0.29) is 13.2 Å². The zero-order valence-corrected chi connectivity index (χ0v) is 8.87. The van der Waals surface area contributed by atoms with E-state index >= 15 is 0 Å². The van der Waals surface area contributed by atoms with E-state index in [0.29, 0.717) is 0 Å². The van der Waals surface area contributed by atoms with Crippen LogP contribution in [0.15, 0.2) is 30.3 Å². The van der Waals surface area contributed by atoms with Crippen LogP contribution in [0.2, 0.25) is 0 Å². The number of halogens is 3. The Kier molecular flexibility index (Phi) is 4.96. The van der Waals surface area contributed by atoms with Gasteiger partial charge in [-0.25, -0.2) is 4.79 Å². The fraction of sp³-hybridized carbons (Fsp3) is 0.364. The molecule has 0 bridgehead atoms. The van der Waals surface area contributed by atoms with E-state index in [1.165, 1.54) is 0 Å². The molecule has 0 fully saturated rings. The van der Waals surface area contributed by atoms with E-state index in [4.69, 9.17) is 4.74 Å². The van der Waals surface area contributed by atoms with Crippen LogP contribution >= 0.6 is 0 Å². The van der Waals surface area contributed by atoms with Crippen LogP contribution in [0, 0.1) is 0 Å². The fourth-order valence-corrected chi connectivity index (χ4v) is 1.04. The molecule has 0 aliphatic carbocycles. The maximum Gasteiger partial charge on any atom is 0.490 e. The van der Waals surface area contributed by atoms with E-state index in [1.54, 1.807) is 0 Å². The average molecular weight is 248 g/mol. The molecule has 1 rings (SSSR count). The first kappa shape index (κ1) is 13.5. The van der Waals surface area contributed by atoms with Gasteiger partial charge in [0.2, 0.25) is 0 Å². The lowest BCUT2D eigenvalue weighted by molar-refractivity contribution is -0.200. The van der Waals surface area contributed by atoms with Gasteiger partial charge < -0.3 is 9.47 Å². The van der Waals surface area contributed by atoms with E-state index in [0.717, 1.165) is 5.56 Å². The number of carbonyl (C=O) groups is 1. The molecule has 3 nitrogen and oxygen atoms in total. The molecule has 0 amide bonds. The number of hydrogen-bond acceptors (Lipinski definition) is 3. The Morgan fingerprint density at radius 1 is 1.12 bits per heavy atom. The van der Waals surface area contributed by atoms with Gasteiger partial charge in [0.15, 0.2) is 0 Å². The summed E-state index contributed by atoms with van der Waals surface area (Å²) in [5.74, 6) is -2.19. The van der Waals surface area contributed by atoms with Gasteiger partial charge in [-0.2, -0.15) is 13.2 Å². The third-order valence-electron chi connectivity index (χ3n) is 1.80. The molecule has 0 aliphatic heterocycles. The normalized spacial score (nSPS) is 11.2. The quantitative estimate of drug-likeness (QED) is 0.592. The third-order valence-corrected chi connectivity index (χ3v) is 1.80. The minimum atomic E-state index is -4.95. The molecule has 1 aromatic rings. The summed E-state index contributed by atoms with van der Waals surface area (Å²) in [5, 5.41) is 0. The van der Waals surface area contributed by atoms with Gasteiger partial charge >= 0.3 is 12.1 Å². The van der Waals surface area contributed by atoms with Gasteiger partial charge in [0.05, 0.1) is 13.2 Å². The van der Waals surface area contributed by atoms with Crippen LogP contribution in [0.4, 0.5) is 13.2 Å². The molecule has 0 heterocycles. The number of hydrogen-bond donors (Lipinski definition) is 0. The summed E-state index contributed by atoms with van der Waals surface area (Å²) in [7, 11) is 0. The van der Waals surface area contributed by atoms with Gasteiger partial charge in [0.25, 0.3) is 0 Å². The largest absolute Gasteiger partial charge is 0.490 e. The van der Waals surface area contributed by atoms with Gasteiger partial charge in [-0.15, -0.1) is 0 Å². The molecule has 0 saturated carbocycles. The highest BCUT2D eigenvalue weighted by atomic mass is 19.4. The lowest BCUT2D eigenvalue weighted by Crippen LogP contribution is -2.26. The Morgan fingerprint density at radius 2 is 1.76 bits per heavy atom. The van der Waals surface area contributed by atoms with Crippen LogP contribution in [-0.4, -0.2) is 25.4 Å². The van der Waals surface area contributed by atoms with E-state index in [9.17, 15) is 18.0 Å². The van der Waals surface area contributed by atoms with E-state index in [1.807, 2.05) is 30.3 Å². The van der Waals surface area contributed by atoms with Crippen molar-refractivity contribution in [2.24, 2.45) is 0 Å². The monoisotopic (exact) mass is 248 g/mol. The molecule has 0 radical (unpaired) electrons. The van der Waals surface area contributed by atoms with Gasteiger partial charge in [-0.1, -0.05) is 30.3 Å². The zero-order chi connectivity index (χ0) is 12.7. The summed E-state index contributed by atoms with van der Waals surface area (Å²) in [5.41, 5.74) is 0.898. The molecule has 0 saturated heterocycles. The topological polar surface area (TPSA) is 35.5 Å².